The van der Waals surface area contributed by atoms with E-state index in [1.54, 1.807) is 0 Å². The third kappa shape index (κ3) is 2.19. The van der Waals surface area contributed by atoms with Crippen LogP contribution in [-0.2, 0) is 0 Å². The van der Waals surface area contributed by atoms with Crippen molar-refractivity contribution in [2.45, 2.75) is 6.92 Å². The van der Waals surface area contributed by atoms with Crippen molar-refractivity contribution in [1.82, 2.24) is 0 Å². The van der Waals surface area contributed by atoms with Gasteiger partial charge in [0.25, 0.3) is 0 Å². The third-order valence-electron chi connectivity index (χ3n) is 3.25. The van der Waals surface area contributed by atoms with Crippen LogP contribution in [0.15, 0.2) is 36.4 Å². The summed E-state index contributed by atoms with van der Waals surface area (Å²) < 4.78 is 11.1. The fourth-order valence-corrected chi connectivity index (χ4v) is 2.23. The van der Waals surface area contributed by atoms with Gasteiger partial charge in [0.1, 0.15) is 19.5 Å². The normalized spacial score (nSPS) is 13.1. The Morgan fingerprint density at radius 2 is 1.79 bits per heavy atom. The molecule has 0 amide bonds. The van der Waals surface area contributed by atoms with E-state index in [-0.39, 0.29) is 0 Å². The average Bonchev–Trinajstić information content (AvgIpc) is 2.47. The number of fused-ring (bicyclic) bond motifs is 1. The number of carbonyl (C=O) groups is 1. The maximum Gasteiger partial charge on any atom is 0.161 e. The zero-order valence-corrected chi connectivity index (χ0v) is 10.7. The van der Waals surface area contributed by atoms with Gasteiger partial charge in [-0.1, -0.05) is 18.2 Å². The van der Waals surface area contributed by atoms with Crippen LogP contribution < -0.4 is 9.47 Å². The maximum absolute atomic E-state index is 10.9. The second-order valence-electron chi connectivity index (χ2n) is 4.55. The van der Waals surface area contributed by atoms with E-state index in [2.05, 4.69) is 0 Å². The van der Waals surface area contributed by atoms with Gasteiger partial charge in [-0.3, -0.25) is 4.79 Å². The first-order valence-corrected chi connectivity index (χ1v) is 6.24. The summed E-state index contributed by atoms with van der Waals surface area (Å²) >= 11 is 0. The van der Waals surface area contributed by atoms with Crippen LogP contribution in [-0.4, -0.2) is 19.5 Å². The Kier molecular flexibility index (Phi) is 2.95. The van der Waals surface area contributed by atoms with E-state index in [4.69, 9.17) is 9.47 Å². The Balaban J connectivity index is 2.09. The van der Waals surface area contributed by atoms with Gasteiger partial charge in [-0.25, -0.2) is 0 Å². The lowest BCUT2D eigenvalue weighted by atomic mass is 9.98. The van der Waals surface area contributed by atoms with E-state index >= 15 is 0 Å². The van der Waals surface area contributed by atoms with Gasteiger partial charge in [0, 0.05) is 5.56 Å². The van der Waals surface area contributed by atoms with Crippen molar-refractivity contribution in [1.29, 1.82) is 0 Å². The van der Waals surface area contributed by atoms with E-state index in [0.29, 0.717) is 18.8 Å². The second-order valence-corrected chi connectivity index (χ2v) is 4.55. The van der Waals surface area contributed by atoms with Gasteiger partial charge in [-0.2, -0.15) is 0 Å². The van der Waals surface area contributed by atoms with Gasteiger partial charge in [-0.05, 0) is 41.8 Å². The molecular formula is C16H14O3. The van der Waals surface area contributed by atoms with Gasteiger partial charge in [0.05, 0.1) is 0 Å². The van der Waals surface area contributed by atoms with Crippen LogP contribution >= 0.6 is 0 Å². The highest BCUT2D eigenvalue weighted by Gasteiger charge is 2.13. The van der Waals surface area contributed by atoms with Crippen LogP contribution in [0.4, 0.5) is 0 Å². The predicted octanol–water partition coefficient (Wildman–Crippen LogP) is 3.25. The first kappa shape index (κ1) is 11.8. The minimum atomic E-state index is 0.573. The molecule has 1 aliphatic rings. The summed E-state index contributed by atoms with van der Waals surface area (Å²) in [5, 5.41) is 0. The highest BCUT2D eigenvalue weighted by Crippen LogP contribution is 2.35. The molecule has 96 valence electrons. The standard InChI is InChI=1S/C16H14O3/c1-11-2-3-12(10-17)8-14(11)13-4-5-15-16(9-13)19-7-6-18-15/h2-5,8-10H,6-7H2,1H3. The Bertz CT molecular complexity index is 632. The molecule has 3 nitrogen and oxygen atoms in total. The zero-order chi connectivity index (χ0) is 13.2. The second kappa shape index (κ2) is 4.76. The molecule has 0 aliphatic carbocycles. The fraction of sp³-hybridized carbons (Fsp3) is 0.188. The highest BCUT2D eigenvalue weighted by molar-refractivity contribution is 5.80. The lowest BCUT2D eigenvalue weighted by molar-refractivity contribution is 0.112. The minimum Gasteiger partial charge on any atom is -0.486 e. The average molecular weight is 254 g/mol. The fourth-order valence-electron chi connectivity index (χ4n) is 2.23. The SMILES string of the molecule is Cc1ccc(C=O)cc1-c1ccc2c(c1)OCCO2. The van der Waals surface area contributed by atoms with E-state index < -0.39 is 0 Å². The summed E-state index contributed by atoms with van der Waals surface area (Å²) in [5.41, 5.74) is 3.88. The van der Waals surface area contributed by atoms with E-state index in [1.807, 2.05) is 43.3 Å². The molecule has 0 saturated heterocycles. The van der Waals surface area contributed by atoms with Gasteiger partial charge in [-0.15, -0.1) is 0 Å². The molecule has 0 atom stereocenters. The quantitative estimate of drug-likeness (QED) is 0.772. The van der Waals surface area contributed by atoms with Gasteiger partial charge >= 0.3 is 0 Å². The molecule has 0 radical (unpaired) electrons. The largest absolute Gasteiger partial charge is 0.486 e. The Morgan fingerprint density at radius 3 is 2.58 bits per heavy atom. The van der Waals surface area contributed by atoms with Crippen LogP contribution in [0, 0.1) is 6.92 Å². The maximum atomic E-state index is 10.9. The van der Waals surface area contributed by atoms with Crippen LogP contribution in [0.3, 0.4) is 0 Å². The van der Waals surface area contributed by atoms with Crippen LogP contribution in [0.1, 0.15) is 15.9 Å². The van der Waals surface area contributed by atoms with E-state index in [0.717, 1.165) is 34.5 Å². The predicted molar refractivity (Wildman–Crippen MR) is 73.0 cm³/mol. The molecule has 0 spiro atoms. The summed E-state index contributed by atoms with van der Waals surface area (Å²) in [7, 11) is 0. The van der Waals surface area contributed by atoms with Gasteiger partial charge in [0.2, 0.25) is 0 Å². The molecule has 1 aliphatic heterocycles. The number of aldehydes is 1. The molecule has 3 rings (SSSR count). The van der Waals surface area contributed by atoms with Crippen LogP contribution in [0.2, 0.25) is 0 Å². The monoisotopic (exact) mass is 254 g/mol. The Hall–Kier alpha value is -2.29. The molecule has 19 heavy (non-hydrogen) atoms. The van der Waals surface area contributed by atoms with Crippen LogP contribution in [0.5, 0.6) is 11.5 Å². The number of rotatable bonds is 2. The number of hydrogen-bond acceptors (Lipinski definition) is 3. The molecule has 3 heteroatoms. The molecule has 0 aromatic heterocycles. The summed E-state index contributed by atoms with van der Waals surface area (Å²) in [4.78, 5) is 10.9. The third-order valence-corrected chi connectivity index (χ3v) is 3.25. The molecule has 0 N–H and O–H groups in total. The molecule has 0 bridgehead atoms. The minimum absolute atomic E-state index is 0.573. The number of ether oxygens (including phenoxy) is 2. The van der Waals surface area contributed by atoms with E-state index in [1.165, 1.54) is 0 Å². The van der Waals surface area contributed by atoms with Crippen molar-refractivity contribution in [3.8, 4) is 22.6 Å². The zero-order valence-electron chi connectivity index (χ0n) is 10.7. The molecule has 0 saturated carbocycles. The summed E-state index contributed by atoms with van der Waals surface area (Å²) in [6, 6.07) is 11.5. The molecule has 2 aromatic carbocycles. The van der Waals surface area contributed by atoms with Crippen molar-refractivity contribution in [2.75, 3.05) is 13.2 Å². The smallest absolute Gasteiger partial charge is 0.161 e. The molecule has 1 heterocycles. The summed E-state index contributed by atoms with van der Waals surface area (Å²) in [6.07, 6.45) is 0.862. The molecular weight excluding hydrogens is 240 g/mol. The van der Waals surface area contributed by atoms with Crippen molar-refractivity contribution < 1.29 is 14.3 Å². The van der Waals surface area contributed by atoms with Crippen molar-refractivity contribution in [3.63, 3.8) is 0 Å². The number of carbonyl (C=O) groups excluding carboxylic acids is 1. The number of hydrogen-bond donors (Lipinski definition) is 0. The van der Waals surface area contributed by atoms with Crippen LogP contribution in [0.25, 0.3) is 11.1 Å². The Morgan fingerprint density at radius 1 is 1.00 bits per heavy atom. The Labute approximate surface area is 111 Å². The number of aryl methyl sites for hydroxylation is 1. The van der Waals surface area contributed by atoms with E-state index in [9.17, 15) is 4.79 Å². The molecule has 0 fully saturated rings. The number of benzene rings is 2. The molecule has 0 unspecified atom stereocenters. The first-order valence-electron chi connectivity index (χ1n) is 6.24. The van der Waals surface area contributed by atoms with Crippen molar-refractivity contribution in [2.24, 2.45) is 0 Å². The summed E-state index contributed by atoms with van der Waals surface area (Å²) in [6.45, 7) is 3.19. The lowest BCUT2D eigenvalue weighted by Gasteiger charge is -2.19. The molecule has 2 aromatic rings. The van der Waals surface area contributed by atoms with Gasteiger partial charge < -0.3 is 9.47 Å². The van der Waals surface area contributed by atoms with Crippen molar-refractivity contribution in [3.05, 3.63) is 47.5 Å². The lowest BCUT2D eigenvalue weighted by Crippen LogP contribution is -2.15. The topological polar surface area (TPSA) is 35.5 Å². The van der Waals surface area contributed by atoms with Crippen molar-refractivity contribution >= 4 is 6.29 Å². The first-order chi connectivity index (χ1) is 9.28. The summed E-state index contributed by atoms with van der Waals surface area (Å²) in [5.74, 6) is 1.54. The highest BCUT2D eigenvalue weighted by atomic mass is 16.6. The van der Waals surface area contributed by atoms with Gasteiger partial charge in [0.15, 0.2) is 11.5 Å².